The zero-order valence-electron chi connectivity index (χ0n) is 22.0. The highest BCUT2D eigenvalue weighted by Gasteiger charge is 2.38. The smallest absolute Gasteiger partial charge is 0.341 e. The second kappa shape index (κ2) is 10.9. The van der Waals surface area contributed by atoms with Gasteiger partial charge in [0.2, 0.25) is 5.91 Å². The van der Waals surface area contributed by atoms with Crippen LogP contribution in [0.2, 0.25) is 0 Å². The van der Waals surface area contributed by atoms with Gasteiger partial charge in [0.1, 0.15) is 17.1 Å². The molecule has 206 valence electrons. The Kier molecular flexibility index (Phi) is 7.98. The van der Waals surface area contributed by atoms with Crippen LogP contribution in [-0.4, -0.2) is 68.5 Å². The van der Waals surface area contributed by atoms with Crippen LogP contribution in [0, 0.1) is 11.7 Å². The SMILES string of the molecule is CCN1CCC[C@@H]1C(=O)N(C)Cc1cc(F)ccc1S(=O)(=O)Nc1ccc(C2CC2C)c(OC)c1C(=O)O. The minimum atomic E-state index is -4.36. The molecular weight excluding hydrogens is 513 g/mol. The molecule has 0 spiro atoms. The molecule has 1 amide bonds. The van der Waals surface area contributed by atoms with E-state index in [4.69, 9.17) is 4.74 Å². The van der Waals surface area contributed by atoms with E-state index < -0.39 is 21.8 Å². The van der Waals surface area contributed by atoms with Gasteiger partial charge in [-0.1, -0.05) is 19.9 Å². The standard InChI is InChI=1S/C27H34FN3O6S/c1-5-31-12-6-7-22(31)26(32)30(3)15-17-14-18(28)8-11-23(17)38(35,36)29-21-10-9-19(20-13-16(20)2)25(37-4)24(21)27(33)34/h8-11,14,16,20,22,29H,5-7,12-13,15H2,1-4H3,(H,33,34)/t16?,20?,22-/m1/s1. The summed E-state index contributed by atoms with van der Waals surface area (Å²) < 4.78 is 49.1. The normalized spacial score (nSPS) is 21.2. The Balaban J connectivity index is 1.65. The summed E-state index contributed by atoms with van der Waals surface area (Å²) in [6, 6.07) is 6.03. The minimum absolute atomic E-state index is 0.0849. The van der Waals surface area contributed by atoms with E-state index in [0.717, 1.165) is 49.7 Å². The summed E-state index contributed by atoms with van der Waals surface area (Å²) in [4.78, 5) is 28.5. The molecule has 2 aliphatic rings. The number of hydrogen-bond acceptors (Lipinski definition) is 6. The molecule has 2 N–H and O–H groups in total. The number of hydrogen-bond donors (Lipinski definition) is 2. The van der Waals surface area contributed by atoms with Crippen LogP contribution in [-0.2, 0) is 21.4 Å². The molecule has 2 aromatic rings. The number of nitrogens with one attached hydrogen (secondary N) is 1. The number of nitrogens with zero attached hydrogens (tertiary/aromatic N) is 2. The van der Waals surface area contributed by atoms with Gasteiger partial charge in [0, 0.05) is 13.6 Å². The van der Waals surface area contributed by atoms with Gasteiger partial charge >= 0.3 is 5.97 Å². The first kappa shape index (κ1) is 27.8. The van der Waals surface area contributed by atoms with Crippen molar-refractivity contribution < 1.29 is 32.2 Å². The third-order valence-corrected chi connectivity index (χ3v) is 8.98. The predicted molar refractivity (Wildman–Crippen MR) is 140 cm³/mol. The number of halogens is 1. The molecule has 0 aromatic heterocycles. The lowest BCUT2D eigenvalue weighted by Gasteiger charge is -2.27. The van der Waals surface area contributed by atoms with Crippen LogP contribution in [0.15, 0.2) is 35.2 Å². The first-order chi connectivity index (χ1) is 18.0. The van der Waals surface area contributed by atoms with Gasteiger partial charge in [-0.05, 0) is 79.6 Å². The molecular formula is C27H34FN3O6S. The molecule has 0 radical (unpaired) electrons. The lowest BCUT2D eigenvalue weighted by atomic mass is 10.0. The number of carbonyl (C=O) groups excluding carboxylic acids is 1. The van der Waals surface area contributed by atoms with Crippen LogP contribution in [0.4, 0.5) is 10.1 Å². The van der Waals surface area contributed by atoms with E-state index >= 15 is 0 Å². The molecule has 38 heavy (non-hydrogen) atoms. The summed E-state index contributed by atoms with van der Waals surface area (Å²) in [7, 11) is -1.44. The second-order valence-corrected chi connectivity index (χ2v) is 11.7. The molecule has 2 unspecified atom stereocenters. The maximum atomic E-state index is 14.2. The van der Waals surface area contributed by atoms with Crippen molar-refractivity contribution in [2.75, 3.05) is 32.0 Å². The van der Waals surface area contributed by atoms with Gasteiger partial charge < -0.3 is 14.7 Å². The van der Waals surface area contributed by atoms with E-state index in [0.29, 0.717) is 12.3 Å². The van der Waals surface area contributed by atoms with Crippen LogP contribution in [0.1, 0.15) is 60.5 Å². The summed E-state index contributed by atoms with van der Waals surface area (Å²) in [5, 5.41) is 9.94. The third kappa shape index (κ3) is 5.49. The maximum Gasteiger partial charge on any atom is 0.341 e. The molecule has 1 aliphatic heterocycles. The summed E-state index contributed by atoms with van der Waals surface area (Å²) in [5.74, 6) is -1.50. The van der Waals surface area contributed by atoms with Gasteiger partial charge in [-0.2, -0.15) is 0 Å². The van der Waals surface area contributed by atoms with Crippen molar-refractivity contribution in [3.63, 3.8) is 0 Å². The number of likely N-dealkylation sites (N-methyl/N-ethyl adjacent to an activating group) is 2. The zero-order chi connectivity index (χ0) is 27.8. The number of anilines is 1. The fourth-order valence-electron chi connectivity index (χ4n) is 5.37. The van der Waals surface area contributed by atoms with Crippen LogP contribution >= 0.6 is 0 Å². The summed E-state index contributed by atoms with van der Waals surface area (Å²) in [6.07, 6.45) is 2.50. The number of rotatable bonds is 10. The molecule has 1 saturated carbocycles. The molecule has 4 rings (SSSR count). The Morgan fingerprint density at radius 2 is 1.97 bits per heavy atom. The lowest BCUT2D eigenvalue weighted by molar-refractivity contribution is -0.135. The number of likely N-dealkylation sites (tertiary alicyclic amines) is 1. The van der Waals surface area contributed by atoms with Gasteiger partial charge in [-0.25, -0.2) is 17.6 Å². The number of carboxylic acid groups (broad SMARTS) is 1. The average molecular weight is 548 g/mol. The molecule has 3 atom stereocenters. The zero-order valence-corrected chi connectivity index (χ0v) is 22.8. The van der Waals surface area contributed by atoms with E-state index in [1.165, 1.54) is 18.1 Å². The topological polar surface area (TPSA) is 116 Å². The summed E-state index contributed by atoms with van der Waals surface area (Å²) in [6.45, 7) is 5.44. The Labute approximate surface area is 222 Å². The molecule has 2 aromatic carbocycles. The molecule has 2 fully saturated rings. The van der Waals surface area contributed by atoms with Crippen molar-refractivity contribution in [3.8, 4) is 5.75 Å². The second-order valence-electron chi connectivity index (χ2n) is 10.1. The number of carbonyl (C=O) groups is 2. The van der Waals surface area contributed by atoms with Crippen molar-refractivity contribution >= 4 is 27.6 Å². The predicted octanol–water partition coefficient (Wildman–Crippen LogP) is 3.90. The van der Waals surface area contributed by atoms with Gasteiger partial charge in [0.15, 0.2) is 0 Å². The van der Waals surface area contributed by atoms with Gasteiger partial charge in [-0.3, -0.25) is 14.4 Å². The number of ether oxygens (including phenoxy) is 1. The molecule has 11 heteroatoms. The Morgan fingerprint density at radius 3 is 2.58 bits per heavy atom. The number of aromatic carboxylic acids is 1. The van der Waals surface area contributed by atoms with E-state index in [-0.39, 0.29) is 51.9 Å². The highest BCUT2D eigenvalue weighted by molar-refractivity contribution is 7.92. The van der Waals surface area contributed by atoms with Gasteiger partial charge in [0.25, 0.3) is 10.0 Å². The highest BCUT2D eigenvalue weighted by Crippen LogP contribution is 2.51. The van der Waals surface area contributed by atoms with E-state index in [2.05, 4.69) is 9.62 Å². The van der Waals surface area contributed by atoms with E-state index in [9.17, 15) is 27.5 Å². The van der Waals surface area contributed by atoms with Crippen molar-refractivity contribution in [3.05, 3.63) is 52.8 Å². The summed E-state index contributed by atoms with van der Waals surface area (Å²) in [5.41, 5.74) is 0.359. The average Bonchev–Trinajstić information content (AvgIpc) is 3.39. The quantitative estimate of drug-likeness (QED) is 0.463. The van der Waals surface area contributed by atoms with Crippen LogP contribution in [0.5, 0.6) is 5.75 Å². The van der Waals surface area contributed by atoms with Crippen molar-refractivity contribution in [2.45, 2.75) is 56.5 Å². The van der Waals surface area contributed by atoms with E-state index in [1.54, 1.807) is 13.1 Å². The Morgan fingerprint density at radius 1 is 1.26 bits per heavy atom. The maximum absolute atomic E-state index is 14.2. The number of benzene rings is 2. The fraction of sp³-hybridized carbons (Fsp3) is 0.481. The lowest BCUT2D eigenvalue weighted by Crippen LogP contribution is -2.43. The van der Waals surface area contributed by atoms with E-state index in [1.807, 2.05) is 13.8 Å². The minimum Gasteiger partial charge on any atom is -0.495 e. The van der Waals surface area contributed by atoms with Crippen molar-refractivity contribution in [1.29, 1.82) is 0 Å². The summed E-state index contributed by atoms with van der Waals surface area (Å²) >= 11 is 0. The first-order valence-corrected chi connectivity index (χ1v) is 14.2. The van der Waals surface area contributed by atoms with Crippen molar-refractivity contribution in [2.24, 2.45) is 5.92 Å². The molecule has 1 aliphatic carbocycles. The third-order valence-electron chi connectivity index (χ3n) is 7.51. The molecule has 1 saturated heterocycles. The number of methoxy groups -OCH3 is 1. The molecule has 1 heterocycles. The van der Waals surface area contributed by atoms with Crippen molar-refractivity contribution in [1.82, 2.24) is 9.80 Å². The Hall–Kier alpha value is -3.18. The van der Waals surface area contributed by atoms with Crippen LogP contribution in [0.3, 0.4) is 0 Å². The number of amides is 1. The fourth-order valence-corrected chi connectivity index (χ4v) is 6.65. The van der Waals surface area contributed by atoms with Gasteiger partial charge in [-0.15, -0.1) is 0 Å². The number of sulfonamides is 1. The highest BCUT2D eigenvalue weighted by atomic mass is 32.2. The monoisotopic (exact) mass is 547 g/mol. The Bertz CT molecular complexity index is 1350. The largest absolute Gasteiger partial charge is 0.495 e. The first-order valence-electron chi connectivity index (χ1n) is 12.7. The van der Waals surface area contributed by atoms with Crippen LogP contribution in [0.25, 0.3) is 0 Å². The van der Waals surface area contributed by atoms with Gasteiger partial charge in [0.05, 0.1) is 23.7 Å². The molecule has 0 bridgehead atoms. The molecule has 9 nitrogen and oxygen atoms in total. The number of carboxylic acids is 1. The van der Waals surface area contributed by atoms with Crippen LogP contribution < -0.4 is 9.46 Å².